The summed E-state index contributed by atoms with van der Waals surface area (Å²) >= 11 is 0. The smallest absolute Gasteiger partial charge is 0.275 e. The number of unbranched alkanes of at least 4 members (excludes halogenated alkanes) is 1. The Hall–Kier alpha value is -2.34. The van der Waals surface area contributed by atoms with E-state index >= 15 is 0 Å². The molecule has 3 rings (SSSR count). The van der Waals surface area contributed by atoms with E-state index in [9.17, 15) is 4.79 Å². The van der Waals surface area contributed by atoms with Crippen LogP contribution in [0.3, 0.4) is 0 Å². The van der Waals surface area contributed by atoms with Crippen molar-refractivity contribution in [3.05, 3.63) is 48.2 Å². The SMILES string of the molecule is CCCCC(N)c1nc(C(=O)N2CCN(c3ccccc3)CC2)co1. The van der Waals surface area contributed by atoms with E-state index in [2.05, 4.69) is 28.9 Å². The van der Waals surface area contributed by atoms with Gasteiger partial charge in [0.05, 0.1) is 6.04 Å². The molecule has 2 N–H and O–H groups in total. The number of benzene rings is 1. The van der Waals surface area contributed by atoms with Gasteiger partial charge in [-0.05, 0) is 18.6 Å². The summed E-state index contributed by atoms with van der Waals surface area (Å²) < 4.78 is 5.43. The lowest BCUT2D eigenvalue weighted by Crippen LogP contribution is -2.48. The van der Waals surface area contributed by atoms with E-state index < -0.39 is 0 Å². The van der Waals surface area contributed by atoms with E-state index in [-0.39, 0.29) is 11.9 Å². The number of carbonyl (C=O) groups excluding carboxylic acids is 1. The van der Waals surface area contributed by atoms with Gasteiger partial charge in [0.2, 0.25) is 5.89 Å². The molecule has 25 heavy (non-hydrogen) atoms. The second kappa shape index (κ2) is 8.16. The van der Waals surface area contributed by atoms with Crippen LogP contribution in [0.25, 0.3) is 0 Å². The zero-order valence-corrected chi connectivity index (χ0v) is 14.7. The van der Waals surface area contributed by atoms with E-state index in [1.807, 2.05) is 23.1 Å². The summed E-state index contributed by atoms with van der Waals surface area (Å²) in [5.41, 5.74) is 7.62. The maximum Gasteiger partial charge on any atom is 0.275 e. The monoisotopic (exact) mass is 342 g/mol. The second-order valence-corrected chi connectivity index (χ2v) is 6.43. The maximum atomic E-state index is 12.6. The summed E-state index contributed by atoms with van der Waals surface area (Å²) in [4.78, 5) is 21.1. The third kappa shape index (κ3) is 4.20. The summed E-state index contributed by atoms with van der Waals surface area (Å²) in [6.07, 6.45) is 4.35. The minimum absolute atomic E-state index is 0.0783. The Labute approximate surface area is 148 Å². The highest BCUT2D eigenvalue weighted by Crippen LogP contribution is 2.19. The Morgan fingerprint density at radius 2 is 1.96 bits per heavy atom. The number of nitrogens with zero attached hydrogens (tertiary/aromatic N) is 3. The van der Waals surface area contributed by atoms with Crippen molar-refractivity contribution < 1.29 is 9.21 Å². The first-order chi connectivity index (χ1) is 12.2. The Kier molecular flexibility index (Phi) is 5.71. The van der Waals surface area contributed by atoms with Crippen molar-refractivity contribution >= 4 is 11.6 Å². The van der Waals surface area contributed by atoms with Crippen molar-refractivity contribution in [3.8, 4) is 0 Å². The number of amides is 1. The van der Waals surface area contributed by atoms with E-state index in [0.29, 0.717) is 24.7 Å². The van der Waals surface area contributed by atoms with Gasteiger partial charge in [0.1, 0.15) is 6.26 Å². The molecule has 2 aromatic rings. The van der Waals surface area contributed by atoms with Gasteiger partial charge in [-0.15, -0.1) is 0 Å². The lowest BCUT2D eigenvalue weighted by Gasteiger charge is -2.35. The molecule has 1 amide bonds. The molecule has 1 saturated heterocycles. The van der Waals surface area contributed by atoms with Crippen LogP contribution >= 0.6 is 0 Å². The molecule has 1 aromatic heterocycles. The Morgan fingerprint density at radius 1 is 1.24 bits per heavy atom. The Balaban J connectivity index is 1.57. The van der Waals surface area contributed by atoms with Crippen molar-refractivity contribution in [1.29, 1.82) is 0 Å². The van der Waals surface area contributed by atoms with Crippen LogP contribution in [-0.4, -0.2) is 42.0 Å². The third-order valence-electron chi connectivity index (χ3n) is 4.62. The van der Waals surface area contributed by atoms with Crippen molar-refractivity contribution in [2.45, 2.75) is 32.2 Å². The molecule has 6 nitrogen and oxygen atoms in total. The average Bonchev–Trinajstić information content (AvgIpc) is 3.16. The Morgan fingerprint density at radius 3 is 2.64 bits per heavy atom. The van der Waals surface area contributed by atoms with Crippen LogP contribution in [0.4, 0.5) is 5.69 Å². The fourth-order valence-corrected chi connectivity index (χ4v) is 3.07. The van der Waals surface area contributed by atoms with Crippen LogP contribution in [0.1, 0.15) is 48.6 Å². The molecule has 0 aliphatic carbocycles. The minimum atomic E-state index is -0.239. The van der Waals surface area contributed by atoms with Gasteiger partial charge in [-0.3, -0.25) is 4.79 Å². The summed E-state index contributed by atoms with van der Waals surface area (Å²) in [6, 6.07) is 10.0. The van der Waals surface area contributed by atoms with Gasteiger partial charge in [0.25, 0.3) is 5.91 Å². The van der Waals surface area contributed by atoms with Gasteiger partial charge in [-0.2, -0.15) is 0 Å². The second-order valence-electron chi connectivity index (χ2n) is 6.43. The molecule has 2 heterocycles. The van der Waals surface area contributed by atoms with Gasteiger partial charge in [0.15, 0.2) is 5.69 Å². The van der Waals surface area contributed by atoms with Gasteiger partial charge >= 0.3 is 0 Å². The number of para-hydroxylation sites is 1. The van der Waals surface area contributed by atoms with E-state index in [1.165, 1.54) is 12.0 Å². The molecule has 1 aliphatic heterocycles. The highest BCUT2D eigenvalue weighted by molar-refractivity contribution is 5.92. The molecular formula is C19H26N4O2. The normalized spacial score (nSPS) is 16.1. The molecule has 6 heteroatoms. The topological polar surface area (TPSA) is 75.6 Å². The van der Waals surface area contributed by atoms with Crippen LogP contribution < -0.4 is 10.6 Å². The fraction of sp³-hybridized carbons (Fsp3) is 0.474. The van der Waals surface area contributed by atoms with Gasteiger partial charge in [0, 0.05) is 31.9 Å². The first-order valence-electron chi connectivity index (χ1n) is 8.99. The van der Waals surface area contributed by atoms with E-state index in [1.54, 1.807) is 0 Å². The van der Waals surface area contributed by atoms with E-state index in [4.69, 9.17) is 10.2 Å². The fourth-order valence-electron chi connectivity index (χ4n) is 3.07. The third-order valence-corrected chi connectivity index (χ3v) is 4.62. The van der Waals surface area contributed by atoms with Crippen LogP contribution in [0.2, 0.25) is 0 Å². The van der Waals surface area contributed by atoms with Crippen molar-refractivity contribution in [2.75, 3.05) is 31.1 Å². The molecule has 0 spiro atoms. The molecule has 1 fully saturated rings. The number of aromatic nitrogens is 1. The quantitative estimate of drug-likeness (QED) is 0.873. The Bertz CT molecular complexity index is 678. The average molecular weight is 342 g/mol. The van der Waals surface area contributed by atoms with Gasteiger partial charge in [-0.1, -0.05) is 38.0 Å². The summed E-state index contributed by atoms with van der Waals surface area (Å²) in [5, 5.41) is 0. The number of nitrogens with two attached hydrogens (primary N) is 1. The molecule has 0 bridgehead atoms. The molecule has 1 unspecified atom stereocenters. The molecule has 134 valence electrons. The molecular weight excluding hydrogens is 316 g/mol. The van der Waals surface area contributed by atoms with Crippen LogP contribution in [-0.2, 0) is 0 Å². The van der Waals surface area contributed by atoms with Crippen molar-refractivity contribution in [3.63, 3.8) is 0 Å². The lowest BCUT2D eigenvalue weighted by atomic mass is 10.1. The zero-order chi connectivity index (χ0) is 17.6. The van der Waals surface area contributed by atoms with E-state index in [0.717, 1.165) is 32.4 Å². The molecule has 0 radical (unpaired) electrons. The van der Waals surface area contributed by atoms with Gasteiger partial charge in [-0.25, -0.2) is 4.98 Å². The molecule has 1 aromatic carbocycles. The number of hydrogen-bond donors (Lipinski definition) is 1. The number of carbonyl (C=O) groups is 1. The number of anilines is 1. The minimum Gasteiger partial charge on any atom is -0.446 e. The zero-order valence-electron chi connectivity index (χ0n) is 14.7. The standard InChI is InChI=1S/C19H26N4O2/c1-2-3-9-16(20)18-21-17(14-25-18)19(24)23-12-10-22(11-13-23)15-7-5-4-6-8-15/h4-8,14,16H,2-3,9-13,20H2,1H3. The number of hydrogen-bond acceptors (Lipinski definition) is 5. The molecule has 0 saturated carbocycles. The van der Waals surface area contributed by atoms with Gasteiger partial charge < -0.3 is 20.0 Å². The summed E-state index contributed by atoms with van der Waals surface area (Å²) in [7, 11) is 0. The number of piperazine rings is 1. The van der Waals surface area contributed by atoms with Crippen molar-refractivity contribution in [1.82, 2.24) is 9.88 Å². The molecule has 1 aliphatic rings. The highest BCUT2D eigenvalue weighted by atomic mass is 16.3. The number of oxazole rings is 1. The van der Waals surface area contributed by atoms with Crippen molar-refractivity contribution in [2.24, 2.45) is 5.73 Å². The predicted octanol–water partition coefficient (Wildman–Crippen LogP) is 2.83. The molecule has 1 atom stereocenters. The highest BCUT2D eigenvalue weighted by Gasteiger charge is 2.25. The summed E-state index contributed by atoms with van der Waals surface area (Å²) in [5.74, 6) is 0.380. The van der Waals surface area contributed by atoms with Crippen LogP contribution in [0.15, 0.2) is 41.0 Å². The van der Waals surface area contributed by atoms with Crippen LogP contribution in [0.5, 0.6) is 0 Å². The maximum absolute atomic E-state index is 12.6. The number of rotatable bonds is 6. The first-order valence-corrected chi connectivity index (χ1v) is 8.99. The van der Waals surface area contributed by atoms with Crippen LogP contribution in [0, 0.1) is 0 Å². The first kappa shape index (κ1) is 17.5. The summed E-state index contributed by atoms with van der Waals surface area (Å²) in [6.45, 7) is 5.11. The predicted molar refractivity (Wildman–Crippen MR) is 97.5 cm³/mol. The lowest BCUT2D eigenvalue weighted by molar-refractivity contribution is 0.0741. The largest absolute Gasteiger partial charge is 0.446 e.